The summed E-state index contributed by atoms with van der Waals surface area (Å²) in [5.74, 6) is -0.317. The van der Waals surface area contributed by atoms with Crippen LogP contribution in [0.1, 0.15) is 17.4 Å². The summed E-state index contributed by atoms with van der Waals surface area (Å²) in [5.41, 5.74) is 2.02. The molecular weight excluding hydrogens is 241 g/mol. The number of nitrogens with zero attached hydrogens (tertiary/aromatic N) is 1. The second-order valence-electron chi connectivity index (χ2n) is 4.38. The molecule has 1 atom stereocenters. The standard InChI is InChI=1S/C16H12FNO/c17-13-8-5-12(6-9-13)16(19)15-10-7-11-3-1-2-4-14(11)18-15/h1-10,16,19H. The van der Waals surface area contributed by atoms with E-state index in [9.17, 15) is 9.50 Å². The van der Waals surface area contributed by atoms with E-state index in [0.29, 0.717) is 11.3 Å². The van der Waals surface area contributed by atoms with Crippen LogP contribution in [0.3, 0.4) is 0 Å². The van der Waals surface area contributed by atoms with Crippen molar-refractivity contribution in [3.05, 3.63) is 77.7 Å². The number of aliphatic hydroxyl groups is 1. The van der Waals surface area contributed by atoms with Gasteiger partial charge in [0.25, 0.3) is 0 Å². The summed E-state index contributed by atoms with van der Waals surface area (Å²) in [6, 6.07) is 17.2. The van der Waals surface area contributed by atoms with Gasteiger partial charge in [-0.15, -0.1) is 0 Å². The Hall–Kier alpha value is -2.26. The van der Waals surface area contributed by atoms with Gasteiger partial charge in [0.15, 0.2) is 0 Å². The molecule has 19 heavy (non-hydrogen) atoms. The monoisotopic (exact) mass is 253 g/mol. The molecule has 3 rings (SSSR count). The summed E-state index contributed by atoms with van der Waals surface area (Å²) >= 11 is 0. The minimum Gasteiger partial charge on any atom is -0.382 e. The molecule has 1 N–H and O–H groups in total. The van der Waals surface area contributed by atoms with Crippen molar-refractivity contribution < 1.29 is 9.50 Å². The van der Waals surface area contributed by atoms with Crippen molar-refractivity contribution in [2.75, 3.05) is 0 Å². The molecule has 2 nitrogen and oxygen atoms in total. The summed E-state index contributed by atoms with van der Waals surface area (Å²) in [5, 5.41) is 11.3. The summed E-state index contributed by atoms with van der Waals surface area (Å²) in [7, 11) is 0. The molecule has 0 amide bonds. The minimum absolute atomic E-state index is 0.317. The predicted octanol–water partition coefficient (Wildman–Crippen LogP) is 3.46. The minimum atomic E-state index is -0.842. The third kappa shape index (κ3) is 2.33. The van der Waals surface area contributed by atoms with Crippen LogP contribution in [-0.4, -0.2) is 10.1 Å². The van der Waals surface area contributed by atoms with Crippen molar-refractivity contribution in [2.45, 2.75) is 6.10 Å². The first-order valence-electron chi connectivity index (χ1n) is 6.03. The number of rotatable bonds is 2. The molecule has 3 heteroatoms. The Labute approximate surface area is 110 Å². The molecule has 0 aliphatic heterocycles. The SMILES string of the molecule is OC(c1ccc(F)cc1)c1ccc2ccccc2n1. The van der Waals surface area contributed by atoms with Crippen molar-refractivity contribution in [1.29, 1.82) is 0 Å². The van der Waals surface area contributed by atoms with Gasteiger partial charge in [0.1, 0.15) is 11.9 Å². The highest BCUT2D eigenvalue weighted by atomic mass is 19.1. The summed E-state index contributed by atoms with van der Waals surface area (Å²) in [6.45, 7) is 0. The molecule has 0 fully saturated rings. The van der Waals surface area contributed by atoms with Crippen molar-refractivity contribution >= 4 is 10.9 Å². The molecule has 0 radical (unpaired) electrons. The molecule has 94 valence electrons. The first-order valence-corrected chi connectivity index (χ1v) is 6.03. The Morgan fingerprint density at radius 1 is 0.895 bits per heavy atom. The molecule has 0 spiro atoms. The predicted molar refractivity (Wildman–Crippen MR) is 72.2 cm³/mol. The maximum Gasteiger partial charge on any atom is 0.123 e. The molecule has 1 heterocycles. The maximum atomic E-state index is 12.9. The number of aromatic nitrogens is 1. The van der Waals surface area contributed by atoms with Gasteiger partial charge >= 0.3 is 0 Å². The van der Waals surface area contributed by atoms with E-state index in [1.54, 1.807) is 18.2 Å². The van der Waals surface area contributed by atoms with Crippen LogP contribution in [0.5, 0.6) is 0 Å². The van der Waals surface area contributed by atoms with Gasteiger partial charge in [-0.3, -0.25) is 0 Å². The fourth-order valence-electron chi connectivity index (χ4n) is 2.05. The lowest BCUT2D eigenvalue weighted by molar-refractivity contribution is 0.215. The number of hydrogen-bond acceptors (Lipinski definition) is 2. The van der Waals surface area contributed by atoms with Crippen LogP contribution in [0.15, 0.2) is 60.7 Å². The fraction of sp³-hybridized carbons (Fsp3) is 0.0625. The molecule has 0 aliphatic carbocycles. The Balaban J connectivity index is 2.01. The van der Waals surface area contributed by atoms with Crippen molar-refractivity contribution in [3.63, 3.8) is 0 Å². The molecular formula is C16H12FNO. The molecule has 3 aromatic rings. The number of pyridine rings is 1. The van der Waals surface area contributed by atoms with Gasteiger partial charge in [0, 0.05) is 5.39 Å². The van der Waals surface area contributed by atoms with E-state index < -0.39 is 6.10 Å². The Morgan fingerprint density at radius 3 is 2.42 bits per heavy atom. The van der Waals surface area contributed by atoms with Gasteiger partial charge in [-0.05, 0) is 29.8 Å². The van der Waals surface area contributed by atoms with Crippen LogP contribution in [0.2, 0.25) is 0 Å². The third-order valence-corrected chi connectivity index (χ3v) is 3.09. The number of hydrogen-bond donors (Lipinski definition) is 1. The molecule has 0 saturated carbocycles. The average molecular weight is 253 g/mol. The highest BCUT2D eigenvalue weighted by molar-refractivity contribution is 5.78. The molecule has 2 aromatic carbocycles. The van der Waals surface area contributed by atoms with Gasteiger partial charge in [-0.2, -0.15) is 0 Å². The average Bonchev–Trinajstić information content (AvgIpc) is 2.47. The van der Waals surface area contributed by atoms with E-state index in [0.717, 1.165) is 10.9 Å². The zero-order chi connectivity index (χ0) is 13.2. The largest absolute Gasteiger partial charge is 0.382 e. The quantitative estimate of drug-likeness (QED) is 0.758. The van der Waals surface area contributed by atoms with Crippen LogP contribution >= 0.6 is 0 Å². The van der Waals surface area contributed by atoms with Gasteiger partial charge in [0.2, 0.25) is 0 Å². The van der Waals surface area contributed by atoms with E-state index in [-0.39, 0.29) is 5.82 Å². The third-order valence-electron chi connectivity index (χ3n) is 3.09. The molecule has 0 aliphatic rings. The topological polar surface area (TPSA) is 33.1 Å². The first kappa shape index (κ1) is 11.8. The number of halogens is 1. The van der Waals surface area contributed by atoms with Gasteiger partial charge in [-0.1, -0.05) is 36.4 Å². The lowest BCUT2D eigenvalue weighted by atomic mass is 10.1. The van der Waals surface area contributed by atoms with Crippen LogP contribution in [0, 0.1) is 5.82 Å². The number of para-hydroxylation sites is 1. The van der Waals surface area contributed by atoms with E-state index in [2.05, 4.69) is 4.98 Å². The normalized spacial score (nSPS) is 12.5. The number of benzene rings is 2. The lowest BCUT2D eigenvalue weighted by Gasteiger charge is -2.11. The zero-order valence-corrected chi connectivity index (χ0v) is 10.1. The molecule has 0 bridgehead atoms. The number of aliphatic hydroxyl groups excluding tert-OH is 1. The Bertz CT molecular complexity index is 709. The molecule has 1 aromatic heterocycles. The van der Waals surface area contributed by atoms with Gasteiger partial charge in [0.05, 0.1) is 11.2 Å². The van der Waals surface area contributed by atoms with Crippen LogP contribution in [-0.2, 0) is 0 Å². The summed E-state index contributed by atoms with van der Waals surface area (Å²) < 4.78 is 12.9. The lowest BCUT2D eigenvalue weighted by Crippen LogP contribution is -2.02. The summed E-state index contributed by atoms with van der Waals surface area (Å²) in [6.07, 6.45) is -0.842. The van der Waals surface area contributed by atoms with E-state index in [4.69, 9.17) is 0 Å². The second kappa shape index (κ2) is 4.78. The van der Waals surface area contributed by atoms with Crippen LogP contribution in [0.4, 0.5) is 4.39 Å². The Kier molecular flexibility index (Phi) is 2.97. The van der Waals surface area contributed by atoms with Crippen molar-refractivity contribution in [2.24, 2.45) is 0 Å². The fourth-order valence-corrected chi connectivity index (χ4v) is 2.05. The van der Waals surface area contributed by atoms with Gasteiger partial charge < -0.3 is 5.11 Å². The Morgan fingerprint density at radius 2 is 1.63 bits per heavy atom. The maximum absolute atomic E-state index is 12.9. The van der Waals surface area contributed by atoms with E-state index in [1.165, 1.54) is 12.1 Å². The second-order valence-corrected chi connectivity index (χ2v) is 4.38. The van der Waals surface area contributed by atoms with Gasteiger partial charge in [-0.25, -0.2) is 9.37 Å². The molecule has 0 saturated heterocycles. The highest BCUT2D eigenvalue weighted by Gasteiger charge is 2.12. The van der Waals surface area contributed by atoms with Crippen molar-refractivity contribution in [1.82, 2.24) is 4.98 Å². The number of fused-ring (bicyclic) bond motifs is 1. The zero-order valence-electron chi connectivity index (χ0n) is 10.1. The van der Waals surface area contributed by atoms with Crippen LogP contribution < -0.4 is 0 Å². The van der Waals surface area contributed by atoms with Crippen LogP contribution in [0.25, 0.3) is 10.9 Å². The van der Waals surface area contributed by atoms with E-state index >= 15 is 0 Å². The highest BCUT2D eigenvalue weighted by Crippen LogP contribution is 2.22. The van der Waals surface area contributed by atoms with Crippen molar-refractivity contribution in [3.8, 4) is 0 Å². The summed E-state index contributed by atoms with van der Waals surface area (Å²) in [4.78, 5) is 4.43. The molecule has 1 unspecified atom stereocenters. The smallest absolute Gasteiger partial charge is 0.123 e. The van der Waals surface area contributed by atoms with E-state index in [1.807, 2.05) is 30.3 Å². The first-order chi connectivity index (χ1) is 9.24.